The number of pyridine rings is 1. The van der Waals surface area contributed by atoms with Crippen LogP contribution in [0.3, 0.4) is 0 Å². The average Bonchev–Trinajstić information content (AvgIpc) is 2.45. The summed E-state index contributed by atoms with van der Waals surface area (Å²) in [5, 5.41) is 21.7. The van der Waals surface area contributed by atoms with Gasteiger partial charge in [0, 0.05) is 43.5 Å². The van der Waals surface area contributed by atoms with Gasteiger partial charge in [0.15, 0.2) is 5.52 Å². The molecule has 0 saturated heterocycles. The van der Waals surface area contributed by atoms with Gasteiger partial charge in [-0.1, -0.05) is 12.1 Å². The third-order valence-electron chi connectivity index (χ3n) is 3.38. The Morgan fingerprint density at radius 3 is 2.86 bits per heavy atom. The maximum absolute atomic E-state index is 11.2. The van der Waals surface area contributed by atoms with Crippen LogP contribution in [0.25, 0.3) is 10.9 Å². The van der Waals surface area contributed by atoms with Crippen molar-refractivity contribution in [2.75, 3.05) is 32.2 Å². The summed E-state index contributed by atoms with van der Waals surface area (Å²) in [4.78, 5) is 16.9. The van der Waals surface area contributed by atoms with Gasteiger partial charge in [0.05, 0.1) is 17.6 Å². The van der Waals surface area contributed by atoms with Crippen LogP contribution < -0.4 is 4.90 Å². The molecule has 2 rings (SSSR count). The van der Waals surface area contributed by atoms with Crippen molar-refractivity contribution >= 4 is 22.3 Å². The Morgan fingerprint density at radius 2 is 2.23 bits per heavy atom. The van der Waals surface area contributed by atoms with Crippen molar-refractivity contribution in [2.45, 2.75) is 13.0 Å². The fourth-order valence-electron chi connectivity index (χ4n) is 2.46. The molecule has 0 bridgehead atoms. The van der Waals surface area contributed by atoms with Crippen LogP contribution in [0.4, 0.5) is 11.4 Å². The molecule has 0 spiro atoms. The molecule has 7 nitrogen and oxygen atoms in total. The molecule has 0 fully saturated rings. The van der Waals surface area contributed by atoms with Gasteiger partial charge in [-0.2, -0.15) is 0 Å². The van der Waals surface area contributed by atoms with Gasteiger partial charge in [-0.15, -0.1) is 0 Å². The van der Waals surface area contributed by atoms with Gasteiger partial charge in [0.25, 0.3) is 5.69 Å². The van der Waals surface area contributed by atoms with E-state index in [2.05, 4.69) is 4.98 Å². The summed E-state index contributed by atoms with van der Waals surface area (Å²) in [7, 11) is 3.35. The molecule has 1 aromatic carbocycles. The smallest absolute Gasteiger partial charge is 0.295 e. The van der Waals surface area contributed by atoms with E-state index in [4.69, 9.17) is 4.74 Å². The molecule has 0 radical (unpaired) electrons. The highest BCUT2D eigenvalue weighted by atomic mass is 16.6. The van der Waals surface area contributed by atoms with Crippen LogP contribution >= 0.6 is 0 Å². The molecule has 1 aromatic heterocycles. The van der Waals surface area contributed by atoms with E-state index in [0.717, 1.165) is 5.69 Å². The SMILES string of the molecule is COCC(O)CN(C)c1cc(C)nc2c([N+](=O)[O-])cccc12. The predicted molar refractivity (Wildman–Crippen MR) is 84.3 cm³/mol. The lowest BCUT2D eigenvalue weighted by Gasteiger charge is -2.24. The van der Waals surface area contributed by atoms with Crippen LogP contribution in [-0.2, 0) is 4.74 Å². The second-order valence-corrected chi connectivity index (χ2v) is 5.20. The summed E-state index contributed by atoms with van der Waals surface area (Å²) in [5.41, 5.74) is 1.81. The highest BCUT2D eigenvalue weighted by Crippen LogP contribution is 2.31. The predicted octanol–water partition coefficient (Wildman–Crippen LogP) is 1.89. The first-order chi connectivity index (χ1) is 10.4. The molecule has 1 heterocycles. The van der Waals surface area contributed by atoms with E-state index >= 15 is 0 Å². The maximum atomic E-state index is 11.2. The second-order valence-electron chi connectivity index (χ2n) is 5.20. The van der Waals surface area contributed by atoms with Crippen molar-refractivity contribution in [2.24, 2.45) is 0 Å². The van der Waals surface area contributed by atoms with Gasteiger partial charge >= 0.3 is 0 Å². The van der Waals surface area contributed by atoms with Crippen LogP contribution in [-0.4, -0.2) is 48.4 Å². The molecule has 22 heavy (non-hydrogen) atoms. The molecular weight excluding hydrogens is 286 g/mol. The number of non-ortho nitro benzene ring substituents is 1. The minimum absolute atomic E-state index is 0.0201. The lowest BCUT2D eigenvalue weighted by molar-refractivity contribution is -0.383. The summed E-state index contributed by atoms with van der Waals surface area (Å²) in [6.07, 6.45) is -0.641. The van der Waals surface area contributed by atoms with Crippen LogP contribution in [0.2, 0.25) is 0 Å². The molecule has 118 valence electrons. The van der Waals surface area contributed by atoms with Crippen molar-refractivity contribution < 1.29 is 14.8 Å². The van der Waals surface area contributed by atoms with Gasteiger partial charge in [-0.3, -0.25) is 10.1 Å². The van der Waals surface area contributed by atoms with Crippen LogP contribution in [0, 0.1) is 17.0 Å². The number of nitrogens with zero attached hydrogens (tertiary/aromatic N) is 3. The van der Waals surface area contributed by atoms with Gasteiger partial charge in [0.2, 0.25) is 0 Å². The summed E-state index contributed by atoms with van der Waals surface area (Å²) in [5.74, 6) is 0. The maximum Gasteiger partial charge on any atom is 0.295 e. The number of fused-ring (bicyclic) bond motifs is 1. The van der Waals surface area contributed by atoms with Gasteiger partial charge in [0.1, 0.15) is 0 Å². The summed E-state index contributed by atoms with van der Waals surface area (Å²) in [6.45, 7) is 2.38. The number of aryl methyl sites for hydroxylation is 1. The number of likely N-dealkylation sites (N-methyl/N-ethyl adjacent to an activating group) is 1. The second kappa shape index (κ2) is 6.67. The normalized spacial score (nSPS) is 12.4. The molecule has 0 aliphatic carbocycles. The molecular formula is C15H19N3O4. The Hall–Kier alpha value is -2.25. The number of nitro benzene ring substituents is 1. The number of rotatable bonds is 6. The van der Waals surface area contributed by atoms with E-state index in [-0.39, 0.29) is 12.3 Å². The van der Waals surface area contributed by atoms with E-state index in [1.165, 1.54) is 13.2 Å². The van der Waals surface area contributed by atoms with Gasteiger partial charge < -0.3 is 14.7 Å². The first-order valence-corrected chi connectivity index (χ1v) is 6.87. The van der Waals surface area contributed by atoms with E-state index in [9.17, 15) is 15.2 Å². The number of nitro groups is 1. The zero-order chi connectivity index (χ0) is 16.3. The quantitative estimate of drug-likeness (QED) is 0.647. The Bertz CT molecular complexity index is 690. The molecule has 2 aromatic rings. The highest BCUT2D eigenvalue weighted by molar-refractivity contribution is 5.97. The molecule has 0 amide bonds. The third-order valence-corrected chi connectivity index (χ3v) is 3.38. The number of methoxy groups -OCH3 is 1. The molecule has 0 aliphatic rings. The number of benzene rings is 1. The van der Waals surface area contributed by atoms with Crippen LogP contribution in [0.1, 0.15) is 5.69 Å². The fraction of sp³-hybridized carbons (Fsp3) is 0.400. The Morgan fingerprint density at radius 1 is 1.50 bits per heavy atom. The summed E-state index contributed by atoms with van der Waals surface area (Å²) >= 11 is 0. The lowest BCUT2D eigenvalue weighted by Crippen LogP contribution is -2.32. The van der Waals surface area contributed by atoms with E-state index < -0.39 is 11.0 Å². The zero-order valence-electron chi connectivity index (χ0n) is 12.8. The number of aromatic nitrogens is 1. The largest absolute Gasteiger partial charge is 0.389 e. The molecule has 0 saturated carbocycles. The number of hydrogen-bond acceptors (Lipinski definition) is 6. The number of aliphatic hydroxyl groups excluding tert-OH is 1. The van der Waals surface area contributed by atoms with Crippen molar-refractivity contribution in [1.82, 2.24) is 4.98 Å². The molecule has 7 heteroatoms. The van der Waals surface area contributed by atoms with E-state index in [1.807, 2.05) is 18.0 Å². The third kappa shape index (κ3) is 3.32. The van der Waals surface area contributed by atoms with Crippen LogP contribution in [0.15, 0.2) is 24.3 Å². The number of ether oxygens (including phenoxy) is 1. The number of para-hydroxylation sites is 1. The standard InChI is InChI=1S/C15H19N3O4/c1-10-7-14(17(2)8-11(19)9-22-3)12-5-4-6-13(18(20)21)15(12)16-10/h4-7,11,19H,8-9H2,1-3H3. The topological polar surface area (TPSA) is 88.7 Å². The van der Waals surface area contributed by atoms with Crippen molar-refractivity contribution in [3.63, 3.8) is 0 Å². The Balaban J connectivity index is 2.50. The minimum atomic E-state index is -0.641. The highest BCUT2D eigenvalue weighted by Gasteiger charge is 2.18. The number of hydrogen-bond donors (Lipinski definition) is 1. The van der Waals surface area contributed by atoms with Gasteiger partial charge in [-0.25, -0.2) is 4.98 Å². The van der Waals surface area contributed by atoms with Crippen molar-refractivity contribution in [3.8, 4) is 0 Å². The molecule has 0 aliphatic heterocycles. The fourth-order valence-corrected chi connectivity index (χ4v) is 2.46. The Kier molecular flexibility index (Phi) is 4.89. The van der Waals surface area contributed by atoms with Crippen molar-refractivity contribution in [3.05, 3.63) is 40.1 Å². The molecule has 1 N–H and O–H groups in total. The van der Waals surface area contributed by atoms with E-state index in [1.54, 1.807) is 19.1 Å². The van der Waals surface area contributed by atoms with Crippen LogP contribution in [0.5, 0.6) is 0 Å². The first-order valence-electron chi connectivity index (χ1n) is 6.87. The van der Waals surface area contributed by atoms with Crippen molar-refractivity contribution in [1.29, 1.82) is 0 Å². The minimum Gasteiger partial charge on any atom is -0.389 e. The van der Waals surface area contributed by atoms with Gasteiger partial charge in [-0.05, 0) is 13.0 Å². The summed E-state index contributed by atoms with van der Waals surface area (Å²) in [6, 6.07) is 6.73. The lowest BCUT2D eigenvalue weighted by atomic mass is 10.1. The Labute approximate surface area is 128 Å². The monoisotopic (exact) mass is 305 g/mol. The summed E-state index contributed by atoms with van der Waals surface area (Å²) < 4.78 is 4.92. The number of aliphatic hydroxyl groups is 1. The zero-order valence-corrected chi connectivity index (χ0v) is 12.8. The molecule has 1 atom stereocenters. The first kappa shape index (κ1) is 16.1. The molecule has 1 unspecified atom stereocenters. The number of anilines is 1. The average molecular weight is 305 g/mol. The van der Waals surface area contributed by atoms with E-state index in [0.29, 0.717) is 23.1 Å².